The zero-order chi connectivity index (χ0) is 20.9. The highest BCUT2D eigenvalue weighted by atomic mass is 32.2. The Hall–Kier alpha value is -3.43. The zero-order valence-electron chi connectivity index (χ0n) is 16.0. The average molecular weight is 438 g/mol. The summed E-state index contributed by atoms with van der Waals surface area (Å²) in [5.41, 5.74) is 3.03. The van der Waals surface area contributed by atoms with E-state index in [1.165, 1.54) is 11.3 Å². The predicted octanol–water partition coefficient (Wildman–Crippen LogP) is 4.94. The van der Waals surface area contributed by atoms with E-state index >= 15 is 0 Å². The van der Waals surface area contributed by atoms with Crippen LogP contribution in [0.4, 0.5) is 21.9 Å². The number of carbonyl (C=O) groups is 1. The molecule has 0 bridgehead atoms. The Labute approximate surface area is 180 Å². The van der Waals surface area contributed by atoms with Gasteiger partial charge < -0.3 is 10.6 Å². The standard InChI is InChI=1S/C21H19N5O2S2/c1-26(30(28)20-12-11-19(29-20)18-13-14-22-25-18)17-9-7-16(8-10-17)24-21(27)23-15-5-3-2-4-6-15/h2-14H,1H3,(H,22,25)(H2,23,24,27). The van der Waals surface area contributed by atoms with Gasteiger partial charge in [0, 0.05) is 30.3 Å². The number of carbonyl (C=O) groups excluding carboxylic acids is 1. The van der Waals surface area contributed by atoms with Crippen LogP contribution in [0.1, 0.15) is 0 Å². The Kier molecular flexibility index (Phi) is 5.92. The van der Waals surface area contributed by atoms with Gasteiger partial charge in [-0.05, 0) is 54.6 Å². The van der Waals surface area contributed by atoms with Crippen LogP contribution in [-0.4, -0.2) is 27.5 Å². The number of aromatic amines is 1. The van der Waals surface area contributed by atoms with Gasteiger partial charge in [0.1, 0.15) is 4.21 Å². The van der Waals surface area contributed by atoms with Gasteiger partial charge in [-0.1, -0.05) is 18.2 Å². The summed E-state index contributed by atoms with van der Waals surface area (Å²) in [5, 5.41) is 12.4. The first-order valence-corrected chi connectivity index (χ1v) is 11.0. The Morgan fingerprint density at radius 2 is 1.67 bits per heavy atom. The number of aromatic nitrogens is 2. The van der Waals surface area contributed by atoms with Crippen molar-refractivity contribution in [2.24, 2.45) is 0 Å². The SMILES string of the molecule is CN(c1ccc(NC(=O)Nc2ccccc2)cc1)S(=O)c1ccc(-c2ccn[nH]2)s1. The fraction of sp³-hybridized carbons (Fsp3) is 0.0476. The molecule has 2 amide bonds. The van der Waals surface area contributed by atoms with E-state index in [2.05, 4.69) is 20.8 Å². The number of H-pyrrole nitrogens is 1. The van der Waals surface area contributed by atoms with Gasteiger partial charge in [0.25, 0.3) is 0 Å². The normalized spacial score (nSPS) is 11.6. The molecule has 0 spiro atoms. The summed E-state index contributed by atoms with van der Waals surface area (Å²) in [5.74, 6) is 0. The van der Waals surface area contributed by atoms with Crippen molar-refractivity contribution in [2.75, 3.05) is 22.0 Å². The molecule has 1 unspecified atom stereocenters. The maximum atomic E-state index is 12.9. The lowest BCUT2D eigenvalue weighted by atomic mass is 10.3. The van der Waals surface area contributed by atoms with Crippen molar-refractivity contribution in [3.05, 3.63) is 79.0 Å². The summed E-state index contributed by atoms with van der Waals surface area (Å²) in [6.45, 7) is 0. The molecule has 0 aliphatic rings. The topological polar surface area (TPSA) is 90.1 Å². The van der Waals surface area contributed by atoms with Gasteiger partial charge in [-0.25, -0.2) is 9.00 Å². The molecule has 2 aromatic heterocycles. The average Bonchev–Trinajstić information content (AvgIpc) is 3.46. The lowest BCUT2D eigenvalue weighted by Gasteiger charge is -2.17. The summed E-state index contributed by atoms with van der Waals surface area (Å²) < 4.78 is 15.4. The van der Waals surface area contributed by atoms with Crippen LogP contribution in [0.5, 0.6) is 0 Å². The minimum atomic E-state index is -1.35. The van der Waals surface area contributed by atoms with E-state index in [1.807, 2.05) is 60.7 Å². The molecule has 0 radical (unpaired) electrons. The van der Waals surface area contributed by atoms with Crippen molar-refractivity contribution in [3.8, 4) is 10.6 Å². The van der Waals surface area contributed by atoms with E-state index in [0.29, 0.717) is 11.4 Å². The summed E-state index contributed by atoms with van der Waals surface area (Å²) >= 11 is 1.46. The van der Waals surface area contributed by atoms with Crippen molar-refractivity contribution >= 4 is 45.4 Å². The number of hydrogen-bond acceptors (Lipinski definition) is 4. The van der Waals surface area contributed by atoms with Crippen LogP contribution in [0.25, 0.3) is 10.6 Å². The second-order valence-corrected chi connectivity index (χ2v) is 9.16. The van der Waals surface area contributed by atoms with E-state index < -0.39 is 11.0 Å². The molecule has 0 aliphatic heterocycles. The van der Waals surface area contributed by atoms with Crippen LogP contribution >= 0.6 is 11.3 Å². The van der Waals surface area contributed by atoms with Crippen LogP contribution in [0.2, 0.25) is 0 Å². The van der Waals surface area contributed by atoms with Crippen molar-refractivity contribution in [1.82, 2.24) is 10.2 Å². The largest absolute Gasteiger partial charge is 0.323 e. The highest BCUT2D eigenvalue weighted by Gasteiger charge is 2.15. The van der Waals surface area contributed by atoms with Crippen molar-refractivity contribution in [2.45, 2.75) is 4.21 Å². The number of para-hydroxylation sites is 1. The molecular formula is C21H19N5O2S2. The molecule has 4 rings (SSSR count). The summed E-state index contributed by atoms with van der Waals surface area (Å²) in [4.78, 5) is 13.1. The Balaban J connectivity index is 1.39. The molecular weight excluding hydrogens is 418 g/mol. The van der Waals surface area contributed by atoms with E-state index in [-0.39, 0.29) is 6.03 Å². The van der Waals surface area contributed by atoms with Crippen molar-refractivity contribution in [1.29, 1.82) is 0 Å². The molecule has 152 valence electrons. The summed E-state index contributed by atoms with van der Waals surface area (Å²) in [6, 6.07) is 21.8. The van der Waals surface area contributed by atoms with Gasteiger partial charge in [-0.3, -0.25) is 9.40 Å². The number of amides is 2. The molecule has 1 atom stereocenters. The fourth-order valence-corrected chi connectivity index (χ4v) is 5.12. The molecule has 4 aromatic rings. The van der Waals surface area contributed by atoms with Gasteiger partial charge in [0.05, 0.1) is 10.6 Å². The third kappa shape index (κ3) is 4.58. The molecule has 9 heteroatoms. The first-order valence-electron chi connectivity index (χ1n) is 9.08. The highest BCUT2D eigenvalue weighted by Crippen LogP contribution is 2.30. The molecule has 0 fully saturated rings. The van der Waals surface area contributed by atoms with Crippen LogP contribution in [0.3, 0.4) is 0 Å². The Bertz CT molecular complexity index is 1140. The molecule has 0 saturated carbocycles. The number of benzene rings is 2. The molecule has 2 aromatic carbocycles. The number of rotatable bonds is 6. The van der Waals surface area contributed by atoms with Crippen LogP contribution in [-0.2, 0) is 11.0 Å². The molecule has 0 saturated heterocycles. The summed E-state index contributed by atoms with van der Waals surface area (Å²) in [7, 11) is 0.428. The predicted molar refractivity (Wildman–Crippen MR) is 122 cm³/mol. The van der Waals surface area contributed by atoms with Gasteiger partial charge in [-0.15, -0.1) is 11.3 Å². The molecule has 30 heavy (non-hydrogen) atoms. The van der Waals surface area contributed by atoms with Crippen LogP contribution < -0.4 is 14.9 Å². The second kappa shape index (κ2) is 8.93. The molecule has 7 nitrogen and oxygen atoms in total. The van der Waals surface area contributed by atoms with E-state index in [0.717, 1.165) is 20.5 Å². The van der Waals surface area contributed by atoms with Crippen molar-refractivity contribution in [3.63, 3.8) is 0 Å². The number of hydrogen-bond donors (Lipinski definition) is 3. The second-order valence-electron chi connectivity index (χ2n) is 6.33. The molecule has 3 N–H and O–H groups in total. The quantitative estimate of drug-likeness (QED) is 0.399. The van der Waals surface area contributed by atoms with E-state index in [4.69, 9.17) is 0 Å². The Morgan fingerprint density at radius 1 is 0.967 bits per heavy atom. The number of anilines is 3. The molecule has 2 heterocycles. The van der Waals surface area contributed by atoms with Gasteiger partial charge in [0.2, 0.25) is 0 Å². The van der Waals surface area contributed by atoms with Gasteiger partial charge >= 0.3 is 6.03 Å². The first kappa shape index (κ1) is 19.9. The van der Waals surface area contributed by atoms with Gasteiger partial charge in [-0.2, -0.15) is 5.10 Å². The lowest BCUT2D eigenvalue weighted by Crippen LogP contribution is -2.20. The number of thiophene rings is 1. The first-order chi connectivity index (χ1) is 14.6. The molecule has 0 aliphatic carbocycles. The summed E-state index contributed by atoms with van der Waals surface area (Å²) in [6.07, 6.45) is 1.69. The number of urea groups is 1. The minimum Gasteiger partial charge on any atom is -0.308 e. The number of nitrogens with zero attached hydrogens (tertiary/aromatic N) is 2. The van der Waals surface area contributed by atoms with E-state index in [1.54, 1.807) is 29.7 Å². The highest BCUT2D eigenvalue weighted by molar-refractivity contribution is 7.88. The van der Waals surface area contributed by atoms with Crippen LogP contribution in [0.15, 0.2) is 83.2 Å². The zero-order valence-corrected chi connectivity index (χ0v) is 17.7. The lowest BCUT2D eigenvalue weighted by molar-refractivity contribution is 0.262. The number of nitrogens with one attached hydrogen (secondary N) is 3. The Morgan fingerprint density at radius 3 is 2.33 bits per heavy atom. The third-order valence-electron chi connectivity index (χ3n) is 4.29. The van der Waals surface area contributed by atoms with Crippen LogP contribution in [0, 0.1) is 0 Å². The van der Waals surface area contributed by atoms with E-state index in [9.17, 15) is 9.00 Å². The van der Waals surface area contributed by atoms with Gasteiger partial charge in [0.15, 0.2) is 11.0 Å². The smallest absolute Gasteiger partial charge is 0.308 e. The maximum Gasteiger partial charge on any atom is 0.323 e. The minimum absolute atomic E-state index is 0.323. The third-order valence-corrected chi connectivity index (χ3v) is 7.07. The fourth-order valence-electron chi connectivity index (χ4n) is 2.75. The monoisotopic (exact) mass is 437 g/mol. The van der Waals surface area contributed by atoms with Crippen molar-refractivity contribution < 1.29 is 9.00 Å². The maximum absolute atomic E-state index is 12.9.